The molecular weight excluding hydrogens is 163 g/mol. The average molecular weight is 178 g/mol. The van der Waals surface area contributed by atoms with Crippen molar-refractivity contribution in [3.63, 3.8) is 0 Å². The van der Waals surface area contributed by atoms with Crippen molar-refractivity contribution in [3.8, 4) is 0 Å². The third-order valence-corrected chi connectivity index (χ3v) is 2.42. The summed E-state index contributed by atoms with van der Waals surface area (Å²) in [6.07, 6.45) is 0. The molecule has 0 aliphatic carbocycles. The fourth-order valence-corrected chi connectivity index (χ4v) is 1.25. The smallest absolute Gasteiger partial charge is 0.870 e. The van der Waals surface area contributed by atoms with Crippen molar-refractivity contribution >= 4 is 13.3 Å². The molecule has 0 bridgehead atoms. The maximum atomic E-state index is 5.88. The predicted molar refractivity (Wildman–Crippen MR) is 54.6 cm³/mol. The van der Waals surface area contributed by atoms with E-state index < -0.39 is 0 Å². The van der Waals surface area contributed by atoms with Crippen molar-refractivity contribution in [3.05, 3.63) is 28.3 Å². The third-order valence-electron chi connectivity index (χ3n) is 2.42. The van der Waals surface area contributed by atoms with Crippen LogP contribution in [0.4, 0.5) is 0 Å². The van der Waals surface area contributed by atoms with E-state index in [1.165, 1.54) is 22.3 Å². The van der Waals surface area contributed by atoms with Crippen LogP contribution in [0.1, 0.15) is 22.3 Å². The second-order valence-corrected chi connectivity index (χ2v) is 3.17. The SMILES string of the molecule is [B+2]c1c(C)c(C)cc(C)c1C.[OH-].[OH-]. The van der Waals surface area contributed by atoms with Crippen molar-refractivity contribution in [2.45, 2.75) is 27.7 Å². The van der Waals surface area contributed by atoms with E-state index in [0.717, 1.165) is 5.46 Å². The Morgan fingerprint density at radius 2 is 1.15 bits per heavy atom. The Hall–Kier alpha value is -0.795. The Morgan fingerprint density at radius 3 is 1.46 bits per heavy atom. The van der Waals surface area contributed by atoms with Gasteiger partial charge in [0.1, 0.15) is 0 Å². The molecule has 2 nitrogen and oxygen atoms in total. The molecule has 0 unspecified atom stereocenters. The van der Waals surface area contributed by atoms with Crippen LogP contribution in [0.25, 0.3) is 0 Å². The van der Waals surface area contributed by atoms with Gasteiger partial charge in [0.05, 0.1) is 0 Å². The molecule has 0 aliphatic rings. The predicted octanol–water partition coefficient (Wildman–Crippen LogP) is 1.36. The molecular formula is C10H15BO2. The van der Waals surface area contributed by atoms with Crippen LogP contribution in [-0.2, 0) is 0 Å². The topological polar surface area (TPSA) is 60.0 Å². The summed E-state index contributed by atoms with van der Waals surface area (Å²) in [6, 6.07) is 2.18. The summed E-state index contributed by atoms with van der Waals surface area (Å²) in [5.41, 5.74) is 5.94. The van der Waals surface area contributed by atoms with Crippen LogP contribution in [0, 0.1) is 27.7 Å². The summed E-state index contributed by atoms with van der Waals surface area (Å²) >= 11 is 0. The van der Waals surface area contributed by atoms with Crippen LogP contribution >= 0.6 is 0 Å². The van der Waals surface area contributed by atoms with E-state index in [1.807, 2.05) is 0 Å². The molecule has 0 spiro atoms. The summed E-state index contributed by atoms with van der Waals surface area (Å²) in [5, 5.41) is 0. The van der Waals surface area contributed by atoms with Crippen molar-refractivity contribution in [2.24, 2.45) is 0 Å². The first-order valence-corrected chi connectivity index (χ1v) is 3.87. The fraction of sp³-hybridized carbons (Fsp3) is 0.400. The van der Waals surface area contributed by atoms with E-state index in [1.54, 1.807) is 0 Å². The molecule has 0 fully saturated rings. The van der Waals surface area contributed by atoms with Gasteiger partial charge in [-0.25, -0.2) is 0 Å². The normalized spacial score (nSPS) is 8.77. The molecule has 0 radical (unpaired) electrons. The molecule has 2 N–H and O–H groups in total. The standard InChI is InChI=1S/C10H13B.2H2O/c1-6-5-7(2)9(4)10(11)8(6)3;;/h5H,1-4H3;2*1H2/q+2;;/p-2. The Labute approximate surface area is 81.0 Å². The van der Waals surface area contributed by atoms with Gasteiger partial charge in [-0.2, -0.15) is 0 Å². The Morgan fingerprint density at radius 1 is 0.846 bits per heavy atom. The first-order valence-electron chi connectivity index (χ1n) is 3.87. The van der Waals surface area contributed by atoms with E-state index in [9.17, 15) is 0 Å². The molecule has 0 saturated heterocycles. The second kappa shape index (κ2) is 5.05. The molecule has 0 heterocycles. The molecule has 0 aliphatic heterocycles. The summed E-state index contributed by atoms with van der Waals surface area (Å²) in [7, 11) is 5.88. The molecule has 0 saturated carbocycles. The Bertz CT molecular complexity index is 269. The summed E-state index contributed by atoms with van der Waals surface area (Å²) in [5.74, 6) is 0. The van der Waals surface area contributed by atoms with Crippen LogP contribution < -0.4 is 5.46 Å². The van der Waals surface area contributed by atoms with Crippen LogP contribution in [0.2, 0.25) is 0 Å². The first kappa shape index (κ1) is 14.7. The van der Waals surface area contributed by atoms with Gasteiger partial charge >= 0.3 is 69.3 Å². The molecule has 1 rings (SSSR count). The molecule has 1 aromatic rings. The Kier molecular flexibility index (Phi) is 5.71. The third kappa shape index (κ3) is 2.57. The zero-order chi connectivity index (χ0) is 8.59. The monoisotopic (exact) mass is 178 g/mol. The van der Waals surface area contributed by atoms with E-state index in [2.05, 4.69) is 33.8 Å². The molecule has 0 atom stereocenters. The number of hydrogen-bond donors (Lipinski definition) is 0. The molecule has 0 aromatic heterocycles. The van der Waals surface area contributed by atoms with Gasteiger partial charge in [0, 0.05) is 0 Å². The quantitative estimate of drug-likeness (QED) is 0.563. The van der Waals surface area contributed by atoms with Gasteiger partial charge in [0.25, 0.3) is 0 Å². The van der Waals surface area contributed by atoms with Crippen molar-refractivity contribution in [1.82, 2.24) is 0 Å². The van der Waals surface area contributed by atoms with Crippen LogP contribution in [0.15, 0.2) is 6.07 Å². The minimum absolute atomic E-state index is 0. The van der Waals surface area contributed by atoms with Crippen molar-refractivity contribution < 1.29 is 11.0 Å². The number of benzene rings is 1. The summed E-state index contributed by atoms with van der Waals surface area (Å²) in [6.45, 7) is 8.32. The fourth-order valence-electron chi connectivity index (χ4n) is 1.25. The molecule has 13 heavy (non-hydrogen) atoms. The average Bonchev–Trinajstić information content (AvgIpc) is 1.97. The van der Waals surface area contributed by atoms with E-state index in [4.69, 9.17) is 7.85 Å². The van der Waals surface area contributed by atoms with Crippen LogP contribution in [-0.4, -0.2) is 18.8 Å². The van der Waals surface area contributed by atoms with Gasteiger partial charge in [-0.15, -0.1) is 0 Å². The maximum Gasteiger partial charge on any atom is -0.870 e. The number of rotatable bonds is 0. The van der Waals surface area contributed by atoms with E-state index >= 15 is 0 Å². The van der Waals surface area contributed by atoms with Crippen molar-refractivity contribution in [2.75, 3.05) is 0 Å². The zero-order valence-corrected chi connectivity index (χ0v) is 8.55. The van der Waals surface area contributed by atoms with Gasteiger partial charge in [-0.1, -0.05) is 0 Å². The van der Waals surface area contributed by atoms with Gasteiger partial charge in [0.15, 0.2) is 0 Å². The minimum Gasteiger partial charge on any atom is -0.870 e. The number of hydrogen-bond acceptors (Lipinski definition) is 2. The Balaban J connectivity index is 0. The number of aryl methyl sites for hydroxylation is 2. The van der Waals surface area contributed by atoms with Crippen molar-refractivity contribution in [1.29, 1.82) is 0 Å². The second-order valence-electron chi connectivity index (χ2n) is 3.17. The molecule has 1 aromatic carbocycles. The van der Waals surface area contributed by atoms with E-state index in [-0.39, 0.29) is 11.0 Å². The van der Waals surface area contributed by atoms with E-state index in [0.29, 0.717) is 0 Å². The summed E-state index contributed by atoms with van der Waals surface area (Å²) < 4.78 is 0. The zero-order valence-electron chi connectivity index (χ0n) is 8.55. The van der Waals surface area contributed by atoms with Gasteiger partial charge in [0.2, 0.25) is 0 Å². The van der Waals surface area contributed by atoms with Crippen LogP contribution in [0.3, 0.4) is 0 Å². The van der Waals surface area contributed by atoms with Gasteiger partial charge in [-0.05, 0) is 0 Å². The molecule has 0 amide bonds. The molecule has 3 heteroatoms. The van der Waals surface area contributed by atoms with Gasteiger partial charge in [-0.3, -0.25) is 0 Å². The van der Waals surface area contributed by atoms with Gasteiger partial charge < -0.3 is 11.0 Å². The van der Waals surface area contributed by atoms with Crippen LogP contribution in [0.5, 0.6) is 0 Å². The minimum atomic E-state index is 0. The molecule has 70 valence electrons. The maximum absolute atomic E-state index is 5.88. The summed E-state index contributed by atoms with van der Waals surface area (Å²) in [4.78, 5) is 0. The largest absolute Gasteiger partial charge is 0.870 e. The first-order chi connectivity index (χ1) is 5.04.